The molecule has 1 heterocycles. The van der Waals surface area contributed by atoms with Gasteiger partial charge >= 0.3 is 0 Å². The average molecular weight is 575 g/mol. The molecule has 0 radical (unpaired) electrons. The summed E-state index contributed by atoms with van der Waals surface area (Å²) in [7, 11) is 0. The molecule has 0 aliphatic carbocycles. The molecular weight excluding hydrogens is 541 g/mol. The van der Waals surface area contributed by atoms with Crippen molar-refractivity contribution in [2.75, 3.05) is 11.1 Å². The summed E-state index contributed by atoms with van der Waals surface area (Å²) in [6, 6.07) is 12.2. The fraction of sp³-hybridized carbons (Fsp3) is 0.357. The number of benzene rings is 2. The summed E-state index contributed by atoms with van der Waals surface area (Å²) in [5, 5.41) is 16.0. The van der Waals surface area contributed by atoms with Crippen molar-refractivity contribution < 1.29 is 9.59 Å². The van der Waals surface area contributed by atoms with Crippen LogP contribution in [0.4, 0.5) is 5.69 Å². The number of rotatable bonds is 12. The number of halogens is 2. The lowest BCUT2D eigenvalue weighted by molar-refractivity contribution is -0.113. The van der Waals surface area contributed by atoms with Gasteiger partial charge in [0.15, 0.2) is 11.0 Å². The first-order valence-corrected chi connectivity index (χ1v) is 14.2. The Bertz CT molecular complexity index is 1270. The summed E-state index contributed by atoms with van der Waals surface area (Å²) >= 11 is 13.5. The predicted molar refractivity (Wildman–Crippen MR) is 156 cm³/mol. The molecule has 0 bridgehead atoms. The van der Waals surface area contributed by atoms with E-state index in [1.54, 1.807) is 18.2 Å². The molecule has 0 aliphatic heterocycles. The maximum atomic E-state index is 13.1. The Morgan fingerprint density at radius 2 is 1.79 bits per heavy atom. The van der Waals surface area contributed by atoms with E-state index < -0.39 is 6.04 Å². The fourth-order valence-corrected chi connectivity index (χ4v) is 5.10. The molecule has 202 valence electrons. The Balaban J connectivity index is 1.75. The highest BCUT2D eigenvalue weighted by Crippen LogP contribution is 2.27. The minimum Gasteiger partial charge on any atom is -0.342 e. The van der Waals surface area contributed by atoms with Gasteiger partial charge in [-0.25, -0.2) is 0 Å². The van der Waals surface area contributed by atoms with E-state index in [1.807, 2.05) is 28.8 Å². The minimum absolute atomic E-state index is 0.147. The number of hydrogen-bond donors (Lipinski definition) is 2. The Morgan fingerprint density at radius 1 is 1.08 bits per heavy atom. The molecule has 1 atom stereocenters. The maximum Gasteiger partial charge on any atom is 0.253 e. The van der Waals surface area contributed by atoms with Crippen LogP contribution in [-0.2, 0) is 11.3 Å². The topological polar surface area (TPSA) is 88.9 Å². The predicted octanol–water partition coefficient (Wildman–Crippen LogP) is 7.14. The Hall–Kier alpha value is -2.81. The van der Waals surface area contributed by atoms with Gasteiger partial charge in [-0.3, -0.25) is 9.59 Å². The second-order valence-corrected chi connectivity index (χ2v) is 11.4. The van der Waals surface area contributed by atoms with E-state index in [0.717, 1.165) is 5.69 Å². The molecular formula is C28H33Cl2N5O2S. The van der Waals surface area contributed by atoms with Gasteiger partial charge in [-0.05, 0) is 54.2 Å². The lowest BCUT2D eigenvalue weighted by atomic mass is 10.0. The number of thioether (sulfide) groups is 1. The molecule has 0 saturated carbocycles. The zero-order valence-electron chi connectivity index (χ0n) is 22.0. The van der Waals surface area contributed by atoms with Crippen molar-refractivity contribution in [3.05, 3.63) is 82.1 Å². The number of amides is 2. The van der Waals surface area contributed by atoms with Crippen molar-refractivity contribution in [3.8, 4) is 0 Å². The smallest absolute Gasteiger partial charge is 0.253 e. The van der Waals surface area contributed by atoms with Crippen LogP contribution in [0.1, 0.15) is 67.8 Å². The van der Waals surface area contributed by atoms with Gasteiger partial charge in [0.05, 0.1) is 22.4 Å². The number of nitrogens with one attached hydrogen (secondary N) is 2. The molecule has 0 spiro atoms. The number of carbonyl (C=O) groups is 2. The van der Waals surface area contributed by atoms with Gasteiger partial charge in [0.25, 0.3) is 5.91 Å². The molecule has 0 fully saturated rings. The van der Waals surface area contributed by atoms with Crippen molar-refractivity contribution >= 4 is 52.5 Å². The van der Waals surface area contributed by atoms with Gasteiger partial charge in [-0.2, -0.15) is 0 Å². The van der Waals surface area contributed by atoms with Crippen LogP contribution in [0.3, 0.4) is 0 Å². The maximum absolute atomic E-state index is 13.1. The van der Waals surface area contributed by atoms with Crippen molar-refractivity contribution in [2.45, 2.75) is 57.8 Å². The third-order valence-corrected chi connectivity index (χ3v) is 7.27. The largest absolute Gasteiger partial charge is 0.342 e. The summed E-state index contributed by atoms with van der Waals surface area (Å²) < 4.78 is 1.87. The molecule has 0 aliphatic rings. The zero-order valence-corrected chi connectivity index (χ0v) is 24.3. The highest BCUT2D eigenvalue weighted by Gasteiger charge is 2.25. The Labute approximate surface area is 238 Å². The van der Waals surface area contributed by atoms with E-state index in [4.69, 9.17) is 23.2 Å². The molecule has 7 nitrogen and oxygen atoms in total. The molecule has 3 rings (SSSR count). The van der Waals surface area contributed by atoms with Crippen molar-refractivity contribution in [1.82, 2.24) is 20.1 Å². The van der Waals surface area contributed by atoms with Crippen molar-refractivity contribution in [2.24, 2.45) is 5.92 Å². The third-order valence-electron chi connectivity index (χ3n) is 5.75. The lowest BCUT2D eigenvalue weighted by Gasteiger charge is -2.21. The highest BCUT2D eigenvalue weighted by atomic mass is 35.5. The zero-order chi connectivity index (χ0) is 27.8. The minimum atomic E-state index is -0.427. The molecule has 10 heteroatoms. The summed E-state index contributed by atoms with van der Waals surface area (Å²) in [5.74, 6) is 0.952. The standard InChI is InChI=1S/C28H33Cl2N5O2S/c1-6-13-35-26(24(14-17(2)3)32-27(37)22-12-9-20(29)15-23(22)30)33-34-28(35)38-16-25(36)31-21-10-7-19(8-11-21)18(4)5/h6-12,15,17-18,24H,1,13-14,16H2,2-5H3,(H,31,36)(H,32,37)/t24-/m1/s1. The van der Waals surface area contributed by atoms with Crippen LogP contribution >= 0.6 is 35.0 Å². The molecule has 3 aromatic rings. The van der Waals surface area contributed by atoms with E-state index in [1.165, 1.54) is 23.4 Å². The van der Waals surface area contributed by atoms with Gasteiger partial charge in [-0.15, -0.1) is 16.8 Å². The van der Waals surface area contributed by atoms with Crippen LogP contribution in [-0.4, -0.2) is 32.3 Å². The van der Waals surface area contributed by atoms with Crippen molar-refractivity contribution in [1.29, 1.82) is 0 Å². The molecule has 1 aromatic heterocycles. The van der Waals surface area contributed by atoms with E-state index in [9.17, 15) is 9.59 Å². The van der Waals surface area contributed by atoms with Crippen LogP contribution in [0.5, 0.6) is 0 Å². The molecule has 38 heavy (non-hydrogen) atoms. The van der Waals surface area contributed by atoms with Crippen LogP contribution in [0, 0.1) is 5.92 Å². The van der Waals surface area contributed by atoms with Crippen LogP contribution in [0.2, 0.25) is 10.0 Å². The van der Waals surface area contributed by atoms with Crippen LogP contribution in [0.25, 0.3) is 0 Å². The first-order chi connectivity index (χ1) is 18.1. The molecule has 2 aromatic carbocycles. The van der Waals surface area contributed by atoms with Gasteiger partial charge < -0.3 is 15.2 Å². The Morgan fingerprint density at radius 3 is 2.39 bits per heavy atom. The van der Waals surface area contributed by atoms with Gasteiger partial charge in [0.1, 0.15) is 0 Å². The average Bonchev–Trinajstić information content (AvgIpc) is 3.25. The number of hydrogen-bond acceptors (Lipinski definition) is 5. The van der Waals surface area contributed by atoms with Crippen LogP contribution in [0.15, 0.2) is 60.3 Å². The lowest BCUT2D eigenvalue weighted by Crippen LogP contribution is -2.32. The second kappa shape index (κ2) is 13.8. The first-order valence-electron chi connectivity index (χ1n) is 12.4. The molecule has 2 amide bonds. The second-order valence-electron chi connectivity index (χ2n) is 9.63. The van der Waals surface area contributed by atoms with E-state index in [-0.39, 0.29) is 28.5 Å². The summed E-state index contributed by atoms with van der Waals surface area (Å²) in [5.41, 5.74) is 2.28. The summed E-state index contributed by atoms with van der Waals surface area (Å²) in [6.07, 6.45) is 2.36. The third kappa shape index (κ3) is 8.09. The van der Waals surface area contributed by atoms with E-state index >= 15 is 0 Å². The number of anilines is 1. The van der Waals surface area contributed by atoms with Gasteiger partial charge in [0, 0.05) is 17.3 Å². The van der Waals surface area contributed by atoms with E-state index in [0.29, 0.717) is 40.5 Å². The number of nitrogens with zero attached hydrogens (tertiary/aromatic N) is 3. The fourth-order valence-electron chi connectivity index (χ4n) is 3.85. The normalized spacial score (nSPS) is 12.0. The monoisotopic (exact) mass is 573 g/mol. The number of allylic oxidation sites excluding steroid dienone is 1. The molecule has 2 N–H and O–H groups in total. The molecule has 0 unspecified atom stereocenters. The SMILES string of the molecule is C=CCn1c(SCC(=O)Nc2ccc(C(C)C)cc2)nnc1[C@@H](CC(C)C)NC(=O)c1ccc(Cl)cc1Cl. The molecule has 0 saturated heterocycles. The summed E-state index contributed by atoms with van der Waals surface area (Å²) in [4.78, 5) is 25.7. The Kier molecular flexibility index (Phi) is 10.8. The van der Waals surface area contributed by atoms with Gasteiger partial charge in [0.2, 0.25) is 5.91 Å². The van der Waals surface area contributed by atoms with E-state index in [2.05, 4.69) is 55.1 Å². The van der Waals surface area contributed by atoms with Crippen molar-refractivity contribution in [3.63, 3.8) is 0 Å². The number of carbonyl (C=O) groups excluding carboxylic acids is 2. The first kappa shape index (κ1) is 29.7. The van der Waals surface area contributed by atoms with Gasteiger partial charge in [-0.1, -0.05) is 80.9 Å². The highest BCUT2D eigenvalue weighted by molar-refractivity contribution is 7.99. The summed E-state index contributed by atoms with van der Waals surface area (Å²) in [6.45, 7) is 12.7. The number of aromatic nitrogens is 3. The quantitative estimate of drug-likeness (QED) is 0.177. The van der Waals surface area contributed by atoms with Crippen LogP contribution < -0.4 is 10.6 Å².